The first-order valence-corrected chi connectivity index (χ1v) is 13.4. The highest BCUT2D eigenvalue weighted by molar-refractivity contribution is 5.87. The minimum atomic E-state index is -1.26. The van der Waals surface area contributed by atoms with Crippen LogP contribution in [0.2, 0.25) is 0 Å². The predicted octanol–water partition coefficient (Wildman–Crippen LogP) is 1.92. The van der Waals surface area contributed by atoms with Crippen molar-refractivity contribution in [3.8, 4) is 0 Å². The smallest absolute Gasteiger partial charge is 0.302 e. The molecule has 0 radical (unpaired) electrons. The van der Waals surface area contributed by atoms with E-state index in [1.807, 2.05) is 13.0 Å². The van der Waals surface area contributed by atoms with Crippen LogP contribution in [0.25, 0.3) is 0 Å². The van der Waals surface area contributed by atoms with Gasteiger partial charge in [-0.1, -0.05) is 20.8 Å². The monoisotopic (exact) mass is 516 g/mol. The van der Waals surface area contributed by atoms with E-state index in [1.165, 1.54) is 6.92 Å². The Kier molecular flexibility index (Phi) is 4.62. The minimum absolute atomic E-state index is 0.0102. The summed E-state index contributed by atoms with van der Waals surface area (Å²) in [7, 11) is 0. The normalized spacial score (nSPS) is 57.5. The molecule has 1 spiro atoms. The fraction of sp³-hybridized carbons (Fsp3) is 0.786. The van der Waals surface area contributed by atoms with E-state index in [4.69, 9.17) is 18.6 Å². The Bertz CT molecular complexity index is 1170. The van der Waals surface area contributed by atoms with E-state index < -0.39 is 69.7 Å². The van der Waals surface area contributed by atoms with Crippen molar-refractivity contribution in [2.75, 3.05) is 6.61 Å². The number of Topliss-reactive ketones (excluding diaryl/α,β-unsaturated/α-hetero) is 1. The third kappa shape index (κ3) is 2.42. The summed E-state index contributed by atoms with van der Waals surface area (Å²) in [5.41, 5.74) is -3.37. The number of carbonyl (C=O) groups is 2. The Morgan fingerprint density at radius 3 is 2.54 bits per heavy atom. The van der Waals surface area contributed by atoms with Gasteiger partial charge in [-0.2, -0.15) is 0 Å². The maximum atomic E-state index is 14.4. The molecule has 6 aliphatic rings. The van der Waals surface area contributed by atoms with Crippen LogP contribution in [-0.2, 0) is 23.8 Å². The van der Waals surface area contributed by atoms with Crippen LogP contribution in [0.5, 0.6) is 0 Å². The molecule has 202 valence electrons. The molecule has 4 aliphatic carbocycles. The standard InChI is InChI=1S/C28H36O9/c1-13(29)36-20-9-19(32)27-12-35-23(33)25(20,3)17(27)8-18(31)26(4)22(27)16(30)10-24(2)15(14-5-6-34-11-14)7-21-28(24,26)37-21/h5-6,11,15,17-23,31-33H,7-10,12H2,1-4H3/t15-,17-,18+,19-,20+,21+,22+,23+,24-,25+,26+,27+,28+/m0/s1. The van der Waals surface area contributed by atoms with Gasteiger partial charge in [0.1, 0.15) is 17.5 Å². The second kappa shape index (κ2) is 7.04. The van der Waals surface area contributed by atoms with Crippen molar-refractivity contribution in [1.82, 2.24) is 0 Å². The zero-order valence-electron chi connectivity index (χ0n) is 21.7. The molecule has 9 nitrogen and oxygen atoms in total. The first kappa shape index (κ1) is 24.3. The maximum absolute atomic E-state index is 14.4. The van der Waals surface area contributed by atoms with Gasteiger partial charge < -0.3 is 33.9 Å². The molecule has 3 N–H and O–H groups in total. The zero-order valence-corrected chi connectivity index (χ0v) is 21.7. The van der Waals surface area contributed by atoms with Crippen LogP contribution in [0.3, 0.4) is 0 Å². The van der Waals surface area contributed by atoms with Gasteiger partial charge in [0.15, 0.2) is 6.29 Å². The van der Waals surface area contributed by atoms with Crippen LogP contribution in [0.4, 0.5) is 0 Å². The Hall–Kier alpha value is -1.78. The predicted molar refractivity (Wildman–Crippen MR) is 126 cm³/mol. The summed E-state index contributed by atoms with van der Waals surface area (Å²) in [6, 6.07) is 1.95. The molecule has 7 rings (SSSR count). The average molecular weight is 517 g/mol. The molecule has 6 fully saturated rings. The SMILES string of the molecule is CC(=O)O[C@@H]1C[C@H](O)[C@@]23CO[C@@H](O)[C@]1(C)[C@@H]2C[C@@H](O)[C@]1(C)[C@H]3C(=O)C[C@@]2(C)[C@H](c3ccoc3)C[C@H]3O[C@@]312. The molecular weight excluding hydrogens is 480 g/mol. The fourth-order valence-electron chi connectivity index (χ4n) is 10.7. The highest BCUT2D eigenvalue weighted by Gasteiger charge is 2.90. The lowest BCUT2D eigenvalue weighted by Gasteiger charge is -2.72. The lowest BCUT2D eigenvalue weighted by atomic mass is 9.33. The van der Waals surface area contributed by atoms with Crippen LogP contribution in [-0.4, -0.2) is 70.0 Å². The third-order valence-corrected chi connectivity index (χ3v) is 12.2. The Balaban J connectivity index is 1.38. The number of ketones is 1. The third-order valence-electron chi connectivity index (χ3n) is 12.2. The summed E-state index contributed by atoms with van der Waals surface area (Å²) in [6.07, 6.45) is 0.556. The lowest BCUT2D eigenvalue weighted by molar-refractivity contribution is -0.371. The Morgan fingerprint density at radius 1 is 1.11 bits per heavy atom. The van der Waals surface area contributed by atoms with E-state index in [1.54, 1.807) is 19.5 Å². The van der Waals surface area contributed by atoms with Crippen molar-refractivity contribution >= 4 is 11.8 Å². The van der Waals surface area contributed by atoms with Crippen LogP contribution in [0.1, 0.15) is 64.9 Å². The minimum Gasteiger partial charge on any atom is -0.472 e. The molecule has 2 saturated heterocycles. The summed E-state index contributed by atoms with van der Waals surface area (Å²) in [4.78, 5) is 26.4. The lowest BCUT2D eigenvalue weighted by Crippen LogP contribution is -2.80. The van der Waals surface area contributed by atoms with Crippen LogP contribution >= 0.6 is 0 Å². The molecule has 9 heteroatoms. The largest absolute Gasteiger partial charge is 0.472 e. The molecule has 37 heavy (non-hydrogen) atoms. The number of ether oxygens (including phenoxy) is 3. The molecule has 3 heterocycles. The van der Waals surface area contributed by atoms with Gasteiger partial charge in [0.25, 0.3) is 0 Å². The molecule has 2 bridgehead atoms. The van der Waals surface area contributed by atoms with Crippen molar-refractivity contribution in [3.05, 3.63) is 24.2 Å². The van der Waals surface area contributed by atoms with E-state index in [2.05, 4.69) is 6.92 Å². The van der Waals surface area contributed by atoms with Gasteiger partial charge in [0, 0.05) is 41.9 Å². The van der Waals surface area contributed by atoms with Crippen molar-refractivity contribution in [3.63, 3.8) is 0 Å². The number of esters is 1. The molecule has 1 aromatic heterocycles. The van der Waals surface area contributed by atoms with Gasteiger partial charge in [0.05, 0.1) is 42.9 Å². The summed E-state index contributed by atoms with van der Waals surface area (Å²) in [5, 5.41) is 34.9. The van der Waals surface area contributed by atoms with Gasteiger partial charge in [-0.3, -0.25) is 9.59 Å². The first-order chi connectivity index (χ1) is 17.4. The molecule has 0 unspecified atom stereocenters. The van der Waals surface area contributed by atoms with Crippen LogP contribution in [0, 0.1) is 33.5 Å². The number of aliphatic hydroxyl groups is 3. The second-order valence-electron chi connectivity index (χ2n) is 13.3. The molecular formula is C28H36O9. The molecule has 1 aromatic rings. The van der Waals surface area contributed by atoms with E-state index in [0.717, 1.165) is 12.0 Å². The number of carbonyl (C=O) groups excluding carboxylic acids is 2. The van der Waals surface area contributed by atoms with Gasteiger partial charge in [-0.15, -0.1) is 0 Å². The highest BCUT2D eigenvalue weighted by atomic mass is 16.6. The second-order valence-corrected chi connectivity index (χ2v) is 13.3. The van der Waals surface area contributed by atoms with Crippen molar-refractivity contribution in [1.29, 1.82) is 0 Å². The molecule has 4 saturated carbocycles. The maximum Gasteiger partial charge on any atom is 0.302 e. The topological polar surface area (TPSA) is 139 Å². The fourth-order valence-corrected chi connectivity index (χ4v) is 10.7. The summed E-state index contributed by atoms with van der Waals surface area (Å²) in [6.45, 7) is 7.15. The van der Waals surface area contributed by atoms with Crippen LogP contribution in [0.15, 0.2) is 23.0 Å². The average Bonchev–Trinajstić information content (AvgIpc) is 3.19. The zero-order chi connectivity index (χ0) is 26.3. The number of fused-ring (bicyclic) bond motifs is 1. The van der Waals surface area contributed by atoms with Gasteiger partial charge in [0.2, 0.25) is 0 Å². The van der Waals surface area contributed by atoms with Gasteiger partial charge in [-0.05, 0) is 36.3 Å². The van der Waals surface area contributed by atoms with Gasteiger partial charge in [-0.25, -0.2) is 0 Å². The van der Waals surface area contributed by atoms with E-state index >= 15 is 0 Å². The molecule has 0 aromatic carbocycles. The summed E-state index contributed by atoms with van der Waals surface area (Å²) >= 11 is 0. The first-order valence-electron chi connectivity index (χ1n) is 13.4. The quantitative estimate of drug-likeness (QED) is 0.397. The Morgan fingerprint density at radius 2 is 1.86 bits per heavy atom. The van der Waals surface area contributed by atoms with Crippen molar-refractivity contribution in [2.24, 2.45) is 33.5 Å². The molecule has 13 atom stereocenters. The number of hydrogen-bond donors (Lipinski definition) is 3. The van der Waals surface area contributed by atoms with Crippen molar-refractivity contribution < 1.29 is 43.5 Å². The van der Waals surface area contributed by atoms with E-state index in [-0.39, 0.29) is 43.7 Å². The summed E-state index contributed by atoms with van der Waals surface area (Å²) < 4.78 is 23.5. The number of rotatable bonds is 2. The molecule has 0 amide bonds. The highest BCUT2D eigenvalue weighted by Crippen LogP contribution is 2.82. The number of epoxide rings is 1. The summed E-state index contributed by atoms with van der Waals surface area (Å²) in [5.74, 6) is -1.73. The number of hydrogen-bond acceptors (Lipinski definition) is 9. The van der Waals surface area contributed by atoms with E-state index in [0.29, 0.717) is 0 Å². The van der Waals surface area contributed by atoms with E-state index in [9.17, 15) is 24.9 Å². The number of furan rings is 1. The number of aliphatic hydroxyl groups excluding tert-OH is 3. The van der Waals surface area contributed by atoms with Gasteiger partial charge >= 0.3 is 5.97 Å². The van der Waals surface area contributed by atoms with Crippen LogP contribution < -0.4 is 0 Å². The van der Waals surface area contributed by atoms with Crippen molar-refractivity contribution in [2.45, 2.75) is 95.6 Å². The Labute approximate surface area is 215 Å². The molecule has 2 aliphatic heterocycles.